The first-order valence-corrected chi connectivity index (χ1v) is 8.28. The fourth-order valence-corrected chi connectivity index (χ4v) is 3.67. The van der Waals surface area contributed by atoms with Crippen molar-refractivity contribution in [3.63, 3.8) is 0 Å². The molecular formula is C16H26N4O. The van der Waals surface area contributed by atoms with Crippen molar-refractivity contribution in [2.24, 2.45) is 5.92 Å². The van der Waals surface area contributed by atoms with Gasteiger partial charge < -0.3 is 5.32 Å². The van der Waals surface area contributed by atoms with Gasteiger partial charge in [-0.25, -0.2) is 4.68 Å². The third kappa shape index (κ3) is 3.64. The minimum Gasteiger partial charge on any atom is -0.310 e. The van der Waals surface area contributed by atoms with E-state index in [1.807, 2.05) is 10.7 Å². The molecule has 1 aromatic rings. The van der Waals surface area contributed by atoms with Crippen molar-refractivity contribution in [1.82, 2.24) is 14.7 Å². The van der Waals surface area contributed by atoms with Gasteiger partial charge in [0.1, 0.15) is 5.82 Å². The minimum absolute atomic E-state index is 0.0869. The molecule has 2 aliphatic rings. The van der Waals surface area contributed by atoms with Crippen LogP contribution >= 0.6 is 0 Å². The molecule has 2 fully saturated rings. The lowest BCUT2D eigenvalue weighted by Crippen LogP contribution is -2.40. The molecule has 3 rings (SSSR count). The highest BCUT2D eigenvalue weighted by Gasteiger charge is 2.22. The molecule has 1 unspecified atom stereocenters. The normalized spacial score (nSPS) is 24.3. The highest BCUT2D eigenvalue weighted by molar-refractivity contribution is 5.91. The molecule has 1 amide bonds. The van der Waals surface area contributed by atoms with Gasteiger partial charge in [-0.3, -0.25) is 9.69 Å². The molecule has 0 aromatic carbocycles. The Labute approximate surface area is 126 Å². The quantitative estimate of drug-likeness (QED) is 0.927. The fraction of sp³-hybridized carbons (Fsp3) is 0.750. The summed E-state index contributed by atoms with van der Waals surface area (Å²) in [5.41, 5.74) is 0. The number of carbonyl (C=O) groups excluding carboxylic acids is 1. The topological polar surface area (TPSA) is 50.2 Å². The smallest absolute Gasteiger partial charge is 0.239 e. The average Bonchev–Trinajstić information content (AvgIpc) is 3.08. The van der Waals surface area contributed by atoms with Crippen molar-refractivity contribution in [2.75, 3.05) is 25.0 Å². The molecule has 1 aromatic heterocycles. The second-order valence-electron chi connectivity index (χ2n) is 6.63. The molecule has 1 saturated carbocycles. The van der Waals surface area contributed by atoms with E-state index >= 15 is 0 Å². The third-order valence-electron chi connectivity index (χ3n) is 4.72. The van der Waals surface area contributed by atoms with Crippen LogP contribution in [0.25, 0.3) is 0 Å². The molecule has 1 aliphatic carbocycles. The minimum atomic E-state index is 0.0869. The van der Waals surface area contributed by atoms with E-state index in [9.17, 15) is 4.79 Å². The SMILES string of the molecule is CC1CCCN(CC(=O)Nc2ccnn2C2CCCC2)C1. The highest BCUT2D eigenvalue weighted by Crippen LogP contribution is 2.31. The molecular weight excluding hydrogens is 264 g/mol. The number of nitrogens with one attached hydrogen (secondary N) is 1. The number of amides is 1. The molecule has 1 N–H and O–H groups in total. The van der Waals surface area contributed by atoms with E-state index in [0.29, 0.717) is 18.5 Å². The van der Waals surface area contributed by atoms with E-state index in [0.717, 1.165) is 18.9 Å². The van der Waals surface area contributed by atoms with Gasteiger partial charge in [0.15, 0.2) is 0 Å². The predicted octanol–water partition coefficient (Wildman–Crippen LogP) is 2.67. The number of rotatable bonds is 4. The zero-order chi connectivity index (χ0) is 14.7. The van der Waals surface area contributed by atoms with Crippen LogP contribution in [0.4, 0.5) is 5.82 Å². The molecule has 0 bridgehead atoms. The van der Waals surface area contributed by atoms with Gasteiger partial charge in [0, 0.05) is 12.6 Å². The Morgan fingerprint density at radius 3 is 2.90 bits per heavy atom. The van der Waals surface area contributed by atoms with Gasteiger partial charge in [0.25, 0.3) is 0 Å². The van der Waals surface area contributed by atoms with Gasteiger partial charge in [-0.15, -0.1) is 0 Å². The summed E-state index contributed by atoms with van der Waals surface area (Å²) in [4.78, 5) is 14.5. The number of nitrogens with zero attached hydrogens (tertiary/aromatic N) is 3. The van der Waals surface area contributed by atoms with Crippen LogP contribution in [-0.4, -0.2) is 40.2 Å². The van der Waals surface area contributed by atoms with E-state index in [1.165, 1.54) is 38.5 Å². The van der Waals surface area contributed by atoms with Gasteiger partial charge in [0.05, 0.1) is 18.8 Å². The van der Waals surface area contributed by atoms with Crippen LogP contribution in [0.5, 0.6) is 0 Å². The molecule has 0 radical (unpaired) electrons. The first-order chi connectivity index (χ1) is 10.2. The largest absolute Gasteiger partial charge is 0.310 e. The lowest BCUT2D eigenvalue weighted by molar-refractivity contribution is -0.117. The van der Waals surface area contributed by atoms with E-state index in [1.54, 1.807) is 6.20 Å². The standard InChI is InChI=1S/C16H26N4O/c1-13-5-4-10-19(11-13)12-16(21)18-15-8-9-17-20(15)14-6-2-3-7-14/h8-9,13-14H,2-7,10-12H2,1H3,(H,18,21). The van der Waals surface area contributed by atoms with E-state index in [4.69, 9.17) is 0 Å². The Hall–Kier alpha value is -1.36. The van der Waals surface area contributed by atoms with Crippen molar-refractivity contribution in [2.45, 2.75) is 51.5 Å². The fourth-order valence-electron chi connectivity index (χ4n) is 3.67. The van der Waals surface area contributed by atoms with Crippen molar-refractivity contribution in [3.05, 3.63) is 12.3 Å². The van der Waals surface area contributed by atoms with Crippen LogP contribution in [0.2, 0.25) is 0 Å². The lowest BCUT2D eigenvalue weighted by Gasteiger charge is -2.30. The van der Waals surface area contributed by atoms with Crippen LogP contribution in [0.15, 0.2) is 12.3 Å². The molecule has 5 nitrogen and oxygen atoms in total. The third-order valence-corrected chi connectivity index (χ3v) is 4.72. The van der Waals surface area contributed by atoms with Crippen LogP contribution in [0.1, 0.15) is 51.5 Å². The summed E-state index contributed by atoms with van der Waals surface area (Å²) in [6.45, 7) is 4.84. The van der Waals surface area contributed by atoms with E-state index < -0.39 is 0 Å². The van der Waals surface area contributed by atoms with Crippen LogP contribution in [0, 0.1) is 5.92 Å². The Morgan fingerprint density at radius 1 is 1.33 bits per heavy atom. The maximum Gasteiger partial charge on any atom is 0.239 e. The number of aromatic nitrogens is 2. The van der Waals surface area contributed by atoms with Crippen molar-refractivity contribution in [1.29, 1.82) is 0 Å². The summed E-state index contributed by atoms with van der Waals surface area (Å²) in [5, 5.41) is 7.45. The Kier molecular flexibility index (Phi) is 4.58. The van der Waals surface area contributed by atoms with Gasteiger partial charge >= 0.3 is 0 Å². The molecule has 0 spiro atoms. The molecule has 116 valence electrons. The second kappa shape index (κ2) is 6.60. The first-order valence-electron chi connectivity index (χ1n) is 8.28. The molecule has 5 heteroatoms. The van der Waals surface area contributed by atoms with E-state index in [2.05, 4.69) is 22.2 Å². The van der Waals surface area contributed by atoms with Gasteiger partial charge in [0.2, 0.25) is 5.91 Å². The van der Waals surface area contributed by atoms with Crippen LogP contribution in [-0.2, 0) is 4.79 Å². The van der Waals surface area contributed by atoms with Crippen LogP contribution in [0.3, 0.4) is 0 Å². The molecule has 2 heterocycles. The summed E-state index contributed by atoms with van der Waals surface area (Å²) in [5.74, 6) is 1.65. The Morgan fingerprint density at radius 2 is 2.14 bits per heavy atom. The summed E-state index contributed by atoms with van der Waals surface area (Å²) >= 11 is 0. The zero-order valence-electron chi connectivity index (χ0n) is 12.9. The van der Waals surface area contributed by atoms with Gasteiger partial charge in [-0.05, 0) is 38.1 Å². The molecule has 1 aliphatic heterocycles. The molecule has 21 heavy (non-hydrogen) atoms. The Balaban J connectivity index is 1.56. The zero-order valence-corrected chi connectivity index (χ0v) is 12.9. The van der Waals surface area contributed by atoms with Gasteiger partial charge in [-0.2, -0.15) is 5.10 Å². The average molecular weight is 290 g/mol. The van der Waals surface area contributed by atoms with Gasteiger partial charge in [-0.1, -0.05) is 19.8 Å². The lowest BCUT2D eigenvalue weighted by atomic mass is 10.0. The molecule has 1 saturated heterocycles. The van der Waals surface area contributed by atoms with Crippen molar-refractivity contribution >= 4 is 11.7 Å². The van der Waals surface area contributed by atoms with Crippen LogP contribution < -0.4 is 5.32 Å². The summed E-state index contributed by atoms with van der Waals surface area (Å²) in [6.07, 6.45) is 9.16. The number of anilines is 1. The first kappa shape index (κ1) is 14.6. The number of hydrogen-bond acceptors (Lipinski definition) is 3. The monoisotopic (exact) mass is 290 g/mol. The summed E-state index contributed by atoms with van der Waals surface area (Å²) in [7, 11) is 0. The number of piperidine rings is 1. The van der Waals surface area contributed by atoms with Crippen molar-refractivity contribution < 1.29 is 4.79 Å². The number of hydrogen-bond donors (Lipinski definition) is 1. The number of likely N-dealkylation sites (tertiary alicyclic amines) is 1. The van der Waals surface area contributed by atoms with Crippen molar-refractivity contribution in [3.8, 4) is 0 Å². The summed E-state index contributed by atoms with van der Waals surface area (Å²) in [6, 6.07) is 2.38. The van der Waals surface area contributed by atoms with E-state index in [-0.39, 0.29) is 5.91 Å². The highest BCUT2D eigenvalue weighted by atomic mass is 16.2. The second-order valence-corrected chi connectivity index (χ2v) is 6.63. The Bertz CT molecular complexity index is 478. The maximum atomic E-state index is 12.3. The summed E-state index contributed by atoms with van der Waals surface area (Å²) < 4.78 is 2.00. The maximum absolute atomic E-state index is 12.3. The predicted molar refractivity (Wildman–Crippen MR) is 83.2 cm³/mol. The molecule has 1 atom stereocenters. The number of carbonyl (C=O) groups is 1.